The molecule has 0 radical (unpaired) electrons. The third-order valence-corrected chi connectivity index (χ3v) is 6.55. The summed E-state index contributed by atoms with van der Waals surface area (Å²) in [4.78, 5) is 27.3. The minimum Gasteiger partial charge on any atom is -0.494 e. The summed E-state index contributed by atoms with van der Waals surface area (Å²) >= 11 is 5.46. The molecule has 2 aliphatic rings. The highest BCUT2D eigenvalue weighted by Crippen LogP contribution is 2.28. The normalized spacial score (nSPS) is 18.8. The molecule has 2 fully saturated rings. The van der Waals surface area contributed by atoms with Crippen LogP contribution < -0.4 is 20.3 Å². The van der Waals surface area contributed by atoms with Crippen molar-refractivity contribution in [3.05, 3.63) is 66.0 Å². The van der Waals surface area contributed by atoms with Gasteiger partial charge in [0.05, 0.1) is 18.4 Å². The smallest absolute Gasteiger partial charge is 0.281 e. The number of amides is 2. The molecule has 1 atom stereocenters. The van der Waals surface area contributed by atoms with Gasteiger partial charge >= 0.3 is 0 Å². The van der Waals surface area contributed by atoms with E-state index in [1.807, 2.05) is 54.1 Å². The molecule has 3 aromatic rings. The van der Waals surface area contributed by atoms with Crippen LogP contribution in [-0.4, -0.2) is 47.4 Å². The van der Waals surface area contributed by atoms with Crippen LogP contribution in [0.3, 0.4) is 0 Å². The Kier molecular flexibility index (Phi) is 7.02. The Hall–Kier alpha value is -3.69. The number of para-hydroxylation sites is 1. The van der Waals surface area contributed by atoms with Crippen molar-refractivity contribution in [2.75, 3.05) is 24.7 Å². The van der Waals surface area contributed by atoms with Crippen molar-refractivity contribution in [3.63, 3.8) is 0 Å². The van der Waals surface area contributed by atoms with Crippen LogP contribution in [-0.2, 0) is 20.9 Å². The number of nitrogens with one attached hydrogen (secondary N) is 2. The van der Waals surface area contributed by atoms with Crippen LogP contribution in [0.2, 0.25) is 0 Å². The lowest BCUT2D eigenvalue weighted by atomic mass is 10.1. The molecule has 36 heavy (non-hydrogen) atoms. The second-order valence-corrected chi connectivity index (χ2v) is 9.11. The fourth-order valence-corrected chi connectivity index (χ4v) is 4.85. The van der Waals surface area contributed by atoms with Gasteiger partial charge in [-0.2, -0.15) is 0 Å². The molecule has 9 heteroatoms. The predicted octanol–water partition coefficient (Wildman–Crippen LogP) is 3.60. The average Bonchev–Trinajstić information content (AvgIpc) is 3.58. The van der Waals surface area contributed by atoms with Gasteiger partial charge in [0.2, 0.25) is 5.91 Å². The summed E-state index contributed by atoms with van der Waals surface area (Å²) in [6, 6.07) is 15.0. The van der Waals surface area contributed by atoms with E-state index in [0.29, 0.717) is 29.6 Å². The van der Waals surface area contributed by atoms with Gasteiger partial charge in [-0.25, -0.2) is 0 Å². The molecule has 2 aromatic carbocycles. The van der Waals surface area contributed by atoms with E-state index < -0.39 is 0 Å². The molecule has 0 spiro atoms. The van der Waals surface area contributed by atoms with Gasteiger partial charge in [0.15, 0.2) is 5.11 Å². The Morgan fingerprint density at radius 3 is 2.81 bits per heavy atom. The third-order valence-electron chi connectivity index (χ3n) is 6.27. The Bertz CT molecular complexity index is 1330. The first-order valence-corrected chi connectivity index (χ1v) is 12.5. The molecule has 2 amide bonds. The van der Waals surface area contributed by atoms with Gasteiger partial charge in [-0.15, -0.1) is 0 Å². The van der Waals surface area contributed by atoms with E-state index in [1.54, 1.807) is 18.2 Å². The fraction of sp³-hybridized carbons (Fsp3) is 0.296. The molecule has 0 unspecified atom stereocenters. The van der Waals surface area contributed by atoms with Crippen molar-refractivity contribution < 1.29 is 19.1 Å². The van der Waals surface area contributed by atoms with E-state index in [4.69, 9.17) is 21.7 Å². The number of thiocarbonyl (C=S) groups is 1. The topological polar surface area (TPSA) is 84.8 Å². The van der Waals surface area contributed by atoms with Crippen LogP contribution in [0.25, 0.3) is 17.0 Å². The highest BCUT2D eigenvalue weighted by atomic mass is 32.1. The zero-order chi connectivity index (χ0) is 25.1. The molecule has 0 bridgehead atoms. The van der Waals surface area contributed by atoms with Gasteiger partial charge in [-0.3, -0.25) is 14.5 Å². The maximum atomic E-state index is 13.3. The van der Waals surface area contributed by atoms with E-state index in [1.165, 1.54) is 4.90 Å². The summed E-state index contributed by atoms with van der Waals surface area (Å²) in [6.45, 7) is 3.94. The minimum absolute atomic E-state index is 0.0802. The van der Waals surface area contributed by atoms with E-state index in [0.717, 1.165) is 41.7 Å². The van der Waals surface area contributed by atoms with Gasteiger partial charge in [0.1, 0.15) is 18.0 Å². The molecule has 186 valence electrons. The van der Waals surface area contributed by atoms with E-state index in [9.17, 15) is 9.59 Å². The summed E-state index contributed by atoms with van der Waals surface area (Å²) in [5, 5.41) is 7.27. The van der Waals surface area contributed by atoms with Crippen molar-refractivity contribution in [1.29, 1.82) is 0 Å². The number of carbonyl (C=O) groups is 2. The quantitative estimate of drug-likeness (QED) is 0.360. The lowest BCUT2D eigenvalue weighted by molar-refractivity contribution is -0.122. The maximum Gasteiger partial charge on any atom is 0.281 e. The largest absolute Gasteiger partial charge is 0.494 e. The Morgan fingerprint density at radius 1 is 1.25 bits per heavy atom. The van der Waals surface area contributed by atoms with Crippen LogP contribution in [0.4, 0.5) is 5.69 Å². The lowest BCUT2D eigenvalue weighted by Gasteiger charge is -2.14. The fourth-order valence-electron chi connectivity index (χ4n) is 4.55. The van der Waals surface area contributed by atoms with E-state index >= 15 is 0 Å². The van der Waals surface area contributed by atoms with Gasteiger partial charge in [-0.05, 0) is 68.4 Å². The van der Waals surface area contributed by atoms with Crippen molar-refractivity contribution >= 4 is 51.8 Å². The first kappa shape index (κ1) is 24.0. The Balaban J connectivity index is 1.36. The third kappa shape index (κ3) is 4.98. The molecule has 1 aromatic heterocycles. The number of aromatic nitrogens is 1. The van der Waals surface area contributed by atoms with Crippen LogP contribution in [0.1, 0.15) is 25.3 Å². The molecule has 8 nitrogen and oxygen atoms in total. The van der Waals surface area contributed by atoms with Gasteiger partial charge in [0, 0.05) is 35.8 Å². The molecule has 5 rings (SSSR count). The number of rotatable bonds is 8. The predicted molar refractivity (Wildman–Crippen MR) is 143 cm³/mol. The summed E-state index contributed by atoms with van der Waals surface area (Å²) in [7, 11) is 0. The van der Waals surface area contributed by atoms with E-state index in [-0.39, 0.29) is 24.5 Å². The average molecular weight is 505 g/mol. The van der Waals surface area contributed by atoms with Gasteiger partial charge in [-0.1, -0.05) is 18.2 Å². The number of fused-ring (bicyclic) bond motifs is 1. The summed E-state index contributed by atoms with van der Waals surface area (Å²) in [5.74, 6) is 0.411. The SMILES string of the molecule is CCOc1ccc(N2C(=O)/C(=C/c3cn(CC(=O)NC[C@@H]4CCCO4)c4ccccc34)NC2=S)cc1. The Labute approximate surface area is 214 Å². The minimum atomic E-state index is -0.240. The number of hydrogen-bond donors (Lipinski definition) is 2. The molecular weight excluding hydrogens is 476 g/mol. The lowest BCUT2D eigenvalue weighted by Crippen LogP contribution is -2.34. The van der Waals surface area contributed by atoms with Crippen LogP contribution in [0.15, 0.2) is 60.4 Å². The number of ether oxygens (including phenoxy) is 2. The monoisotopic (exact) mass is 504 g/mol. The molecule has 2 saturated heterocycles. The van der Waals surface area contributed by atoms with Crippen LogP contribution >= 0.6 is 12.2 Å². The molecule has 2 aliphatic heterocycles. The number of hydrogen-bond acceptors (Lipinski definition) is 5. The van der Waals surface area contributed by atoms with E-state index in [2.05, 4.69) is 10.6 Å². The molecule has 0 aliphatic carbocycles. The van der Waals surface area contributed by atoms with Crippen molar-refractivity contribution in [2.45, 2.75) is 32.4 Å². The van der Waals surface area contributed by atoms with Crippen LogP contribution in [0.5, 0.6) is 5.75 Å². The molecular formula is C27H28N4O4S. The van der Waals surface area contributed by atoms with Crippen molar-refractivity contribution in [3.8, 4) is 5.75 Å². The maximum absolute atomic E-state index is 13.3. The second kappa shape index (κ2) is 10.5. The van der Waals surface area contributed by atoms with Gasteiger partial charge < -0.3 is 24.7 Å². The standard InChI is InChI=1S/C27H28N4O4S/c1-2-34-20-11-9-19(10-12-20)31-26(33)23(29-27(31)36)14-18-16-30(24-8-4-3-7-22(18)24)17-25(32)28-15-21-6-5-13-35-21/h3-4,7-12,14,16,21H,2,5-6,13,15,17H2,1H3,(H,28,32)(H,29,36)/b23-14-/t21-/m0/s1. The molecule has 0 saturated carbocycles. The molecule has 3 heterocycles. The van der Waals surface area contributed by atoms with Crippen molar-refractivity contribution in [2.24, 2.45) is 0 Å². The Morgan fingerprint density at radius 2 is 2.06 bits per heavy atom. The van der Waals surface area contributed by atoms with Crippen LogP contribution in [0, 0.1) is 0 Å². The zero-order valence-electron chi connectivity index (χ0n) is 20.0. The van der Waals surface area contributed by atoms with Crippen molar-refractivity contribution in [1.82, 2.24) is 15.2 Å². The highest BCUT2D eigenvalue weighted by Gasteiger charge is 2.32. The zero-order valence-corrected chi connectivity index (χ0v) is 20.8. The number of nitrogens with zero attached hydrogens (tertiary/aromatic N) is 2. The number of anilines is 1. The number of benzene rings is 2. The molecule has 2 N–H and O–H groups in total. The summed E-state index contributed by atoms with van der Waals surface area (Å²) < 4.78 is 13.0. The first-order chi connectivity index (χ1) is 17.5. The summed E-state index contributed by atoms with van der Waals surface area (Å²) in [5.41, 5.74) is 2.77. The highest BCUT2D eigenvalue weighted by molar-refractivity contribution is 7.80. The second-order valence-electron chi connectivity index (χ2n) is 8.72. The van der Waals surface area contributed by atoms with Gasteiger partial charge in [0.25, 0.3) is 5.91 Å². The first-order valence-electron chi connectivity index (χ1n) is 12.1. The number of carbonyl (C=O) groups excluding carboxylic acids is 2. The summed E-state index contributed by atoms with van der Waals surface area (Å²) in [6.07, 6.45) is 5.78.